The quantitative estimate of drug-likeness (QED) is 0.703. The van der Waals surface area contributed by atoms with E-state index >= 15 is 0 Å². The molecular formula is C8H12BrNO2. The third-order valence-electron chi connectivity index (χ3n) is 1.50. The molecule has 0 aliphatic heterocycles. The van der Waals surface area contributed by atoms with E-state index in [9.17, 15) is 4.79 Å². The molecule has 3 nitrogen and oxygen atoms in total. The second-order valence-corrected chi connectivity index (χ2v) is 2.84. The average molecular weight is 234 g/mol. The molecule has 2 unspecified atom stereocenters. The lowest BCUT2D eigenvalue weighted by molar-refractivity contribution is -0.117. The molecule has 0 saturated carbocycles. The average Bonchev–Trinajstić information content (AvgIpc) is 2.00. The van der Waals surface area contributed by atoms with Crippen molar-refractivity contribution in [2.24, 2.45) is 0 Å². The molecule has 2 N–H and O–H groups in total. The minimum absolute atomic E-state index is 0.217. The van der Waals surface area contributed by atoms with E-state index < -0.39 is 6.10 Å². The van der Waals surface area contributed by atoms with Gasteiger partial charge in [-0.15, -0.1) is 0 Å². The highest BCUT2D eigenvalue weighted by molar-refractivity contribution is 9.12. The van der Waals surface area contributed by atoms with Gasteiger partial charge in [0.1, 0.15) is 0 Å². The highest BCUT2D eigenvalue weighted by Crippen LogP contribution is 1.96. The highest BCUT2D eigenvalue weighted by atomic mass is 79.9. The van der Waals surface area contributed by atoms with E-state index in [1.165, 1.54) is 0 Å². The topological polar surface area (TPSA) is 49.3 Å². The molecule has 0 rings (SSSR count). The molecule has 0 aliphatic rings. The van der Waals surface area contributed by atoms with Crippen molar-refractivity contribution in [3.8, 4) is 10.8 Å². The maximum Gasteiger partial charge on any atom is 0.297 e. The van der Waals surface area contributed by atoms with Crippen molar-refractivity contribution in [3.05, 3.63) is 0 Å². The Morgan fingerprint density at radius 2 is 2.33 bits per heavy atom. The summed E-state index contributed by atoms with van der Waals surface area (Å²) in [4.78, 5) is 13.2. The summed E-state index contributed by atoms with van der Waals surface area (Å²) in [6.07, 6.45) is 0.143. The first kappa shape index (κ1) is 11.5. The van der Waals surface area contributed by atoms with Crippen molar-refractivity contribution in [2.75, 3.05) is 0 Å². The lowest BCUT2D eigenvalue weighted by Gasteiger charge is -2.17. The summed E-state index contributed by atoms with van der Waals surface area (Å²) < 4.78 is 0. The van der Waals surface area contributed by atoms with Crippen molar-refractivity contribution in [1.29, 1.82) is 0 Å². The van der Waals surface area contributed by atoms with Gasteiger partial charge in [-0.05, 0) is 18.2 Å². The fourth-order valence-corrected chi connectivity index (χ4v) is 0.991. The Bertz CT molecular complexity index is 205. The Hall–Kier alpha value is -0.530. The molecule has 12 heavy (non-hydrogen) atoms. The van der Waals surface area contributed by atoms with Crippen molar-refractivity contribution in [3.63, 3.8) is 0 Å². The van der Waals surface area contributed by atoms with E-state index in [-0.39, 0.29) is 11.9 Å². The number of carbonyl (C=O) groups is 1. The van der Waals surface area contributed by atoms with E-state index in [4.69, 9.17) is 5.11 Å². The largest absolute Gasteiger partial charge is 0.391 e. The molecule has 1 amide bonds. The number of hydrogen-bond acceptors (Lipinski definition) is 2. The summed E-state index contributed by atoms with van der Waals surface area (Å²) in [6, 6.07) is -0.217. The second kappa shape index (κ2) is 6.04. The van der Waals surface area contributed by atoms with Crippen LogP contribution in [0.25, 0.3) is 0 Å². The fourth-order valence-electron chi connectivity index (χ4n) is 0.811. The number of carbonyl (C=O) groups excluding carboxylic acids is 1. The molecule has 0 aromatic rings. The van der Waals surface area contributed by atoms with Crippen LogP contribution < -0.4 is 5.32 Å². The minimum atomic E-state index is -0.545. The van der Waals surface area contributed by atoms with E-state index in [1.807, 2.05) is 6.92 Å². The molecule has 0 fully saturated rings. The monoisotopic (exact) mass is 233 g/mol. The van der Waals surface area contributed by atoms with Crippen molar-refractivity contribution >= 4 is 21.8 Å². The number of nitrogens with one attached hydrogen (secondary N) is 1. The molecule has 0 aromatic carbocycles. The van der Waals surface area contributed by atoms with Gasteiger partial charge in [-0.3, -0.25) is 4.79 Å². The lowest BCUT2D eigenvalue weighted by Crippen LogP contribution is -2.40. The van der Waals surface area contributed by atoms with Gasteiger partial charge in [-0.2, -0.15) is 0 Å². The van der Waals surface area contributed by atoms with Gasteiger partial charge in [0.15, 0.2) is 0 Å². The van der Waals surface area contributed by atoms with E-state index in [2.05, 4.69) is 32.0 Å². The molecule has 0 bridgehead atoms. The number of aliphatic hydroxyl groups is 1. The third-order valence-corrected chi connectivity index (χ3v) is 1.70. The molecule has 0 saturated heterocycles. The van der Waals surface area contributed by atoms with Crippen LogP contribution in [0, 0.1) is 10.8 Å². The normalized spacial score (nSPS) is 14.0. The second-order valence-electron chi connectivity index (χ2n) is 2.45. The van der Waals surface area contributed by atoms with Gasteiger partial charge >= 0.3 is 0 Å². The number of halogens is 1. The van der Waals surface area contributed by atoms with Crippen LogP contribution in [0.3, 0.4) is 0 Å². The number of amides is 1. The molecular weight excluding hydrogens is 222 g/mol. The van der Waals surface area contributed by atoms with Crippen LogP contribution in [0.15, 0.2) is 0 Å². The molecule has 2 atom stereocenters. The molecule has 0 heterocycles. The van der Waals surface area contributed by atoms with Crippen LogP contribution >= 0.6 is 15.9 Å². The predicted molar refractivity (Wildman–Crippen MR) is 50.6 cm³/mol. The molecule has 68 valence electrons. The van der Waals surface area contributed by atoms with Gasteiger partial charge in [0.05, 0.1) is 12.1 Å². The summed E-state index contributed by atoms with van der Waals surface area (Å²) in [5.41, 5.74) is 0. The van der Waals surface area contributed by atoms with Crippen LogP contribution in [0.1, 0.15) is 20.3 Å². The van der Waals surface area contributed by atoms with Gasteiger partial charge < -0.3 is 10.4 Å². The highest BCUT2D eigenvalue weighted by Gasteiger charge is 2.13. The summed E-state index contributed by atoms with van der Waals surface area (Å²) in [5, 5.41) is 11.7. The van der Waals surface area contributed by atoms with Gasteiger partial charge in [0.25, 0.3) is 5.91 Å². The predicted octanol–water partition coefficient (Wildman–Crippen LogP) is 0.618. The smallest absolute Gasteiger partial charge is 0.297 e. The summed E-state index contributed by atoms with van der Waals surface area (Å²) in [6.45, 7) is 3.52. The lowest BCUT2D eigenvalue weighted by atomic mass is 10.1. The SMILES string of the molecule is CCC(NC(=O)C#CBr)C(C)O. The standard InChI is InChI=1S/C8H12BrNO2/c1-3-7(6(2)11)10-8(12)4-5-9/h6-7,11H,3H2,1-2H3,(H,10,12). The Balaban J connectivity index is 4.00. The number of rotatable bonds is 3. The summed E-state index contributed by atoms with van der Waals surface area (Å²) in [5.74, 6) is 1.90. The molecule has 0 radical (unpaired) electrons. The Kier molecular flexibility index (Phi) is 5.77. The fraction of sp³-hybridized carbons (Fsp3) is 0.625. The molecule has 4 heteroatoms. The van der Waals surface area contributed by atoms with Gasteiger partial charge in [0.2, 0.25) is 0 Å². The first-order valence-electron chi connectivity index (χ1n) is 3.72. The minimum Gasteiger partial charge on any atom is -0.391 e. The first-order chi connectivity index (χ1) is 5.61. The van der Waals surface area contributed by atoms with Gasteiger partial charge in [-0.1, -0.05) is 6.92 Å². The summed E-state index contributed by atoms with van der Waals surface area (Å²) in [7, 11) is 0. The zero-order chi connectivity index (χ0) is 9.56. The van der Waals surface area contributed by atoms with Crippen LogP contribution in [0.5, 0.6) is 0 Å². The maximum atomic E-state index is 10.9. The molecule has 0 spiro atoms. The van der Waals surface area contributed by atoms with E-state index in [0.29, 0.717) is 6.42 Å². The van der Waals surface area contributed by atoms with Gasteiger partial charge in [-0.25, -0.2) is 0 Å². The Morgan fingerprint density at radius 1 is 1.75 bits per heavy atom. The Morgan fingerprint density at radius 3 is 2.67 bits per heavy atom. The van der Waals surface area contributed by atoms with Crippen molar-refractivity contribution in [1.82, 2.24) is 5.32 Å². The number of aliphatic hydroxyl groups excluding tert-OH is 1. The van der Waals surface area contributed by atoms with Crippen molar-refractivity contribution < 1.29 is 9.90 Å². The van der Waals surface area contributed by atoms with Crippen molar-refractivity contribution in [2.45, 2.75) is 32.4 Å². The summed E-state index contributed by atoms with van der Waals surface area (Å²) >= 11 is 2.81. The van der Waals surface area contributed by atoms with Crippen LogP contribution in [-0.4, -0.2) is 23.2 Å². The van der Waals surface area contributed by atoms with Crippen LogP contribution in [0.4, 0.5) is 0 Å². The maximum absolute atomic E-state index is 10.9. The molecule has 0 aliphatic carbocycles. The van der Waals surface area contributed by atoms with Crippen LogP contribution in [0.2, 0.25) is 0 Å². The van der Waals surface area contributed by atoms with E-state index in [0.717, 1.165) is 0 Å². The first-order valence-corrected chi connectivity index (χ1v) is 4.51. The van der Waals surface area contributed by atoms with Crippen LogP contribution in [-0.2, 0) is 4.79 Å². The number of hydrogen-bond donors (Lipinski definition) is 2. The zero-order valence-corrected chi connectivity index (χ0v) is 8.68. The third kappa shape index (κ3) is 4.37. The van der Waals surface area contributed by atoms with E-state index in [1.54, 1.807) is 6.92 Å². The Labute approximate surface area is 80.7 Å². The molecule has 0 aromatic heterocycles. The zero-order valence-electron chi connectivity index (χ0n) is 7.10. The van der Waals surface area contributed by atoms with Gasteiger partial charge in [0, 0.05) is 21.9 Å².